The molecule has 5 nitrogen and oxygen atoms in total. The Balaban J connectivity index is 2.21. The van der Waals surface area contributed by atoms with Crippen LogP contribution in [-0.2, 0) is 0 Å². The number of nitrogens with two attached hydrogens (primary N) is 1. The first-order valence-electron chi connectivity index (χ1n) is 8.05. The standard InChI is InChI=1S/C20H19N3O2/c1-13(2)15-11-12-22-23-18(15)16-9-6-10-17(20(21)24)19(16)25-14-7-4-3-5-8-14/h3-13H,1-2H3,(H2,21,24). The van der Waals surface area contributed by atoms with Gasteiger partial charge in [0, 0.05) is 11.8 Å². The van der Waals surface area contributed by atoms with Crippen LogP contribution in [-0.4, -0.2) is 16.1 Å². The van der Waals surface area contributed by atoms with Crippen LogP contribution < -0.4 is 10.5 Å². The third-order valence-electron chi connectivity index (χ3n) is 3.87. The number of carbonyl (C=O) groups excluding carboxylic acids is 1. The lowest BCUT2D eigenvalue weighted by Crippen LogP contribution is -2.13. The monoisotopic (exact) mass is 333 g/mol. The van der Waals surface area contributed by atoms with Crippen molar-refractivity contribution >= 4 is 5.91 Å². The average Bonchev–Trinajstić information content (AvgIpc) is 2.62. The first kappa shape index (κ1) is 16.6. The van der Waals surface area contributed by atoms with Gasteiger partial charge in [-0.2, -0.15) is 10.2 Å². The van der Waals surface area contributed by atoms with Crippen LogP contribution >= 0.6 is 0 Å². The van der Waals surface area contributed by atoms with E-state index in [0.717, 1.165) is 5.56 Å². The fraction of sp³-hybridized carbons (Fsp3) is 0.150. The van der Waals surface area contributed by atoms with E-state index in [-0.39, 0.29) is 5.92 Å². The van der Waals surface area contributed by atoms with Crippen LogP contribution in [0.15, 0.2) is 60.8 Å². The first-order chi connectivity index (χ1) is 12.1. The number of nitrogens with zero attached hydrogens (tertiary/aromatic N) is 2. The van der Waals surface area contributed by atoms with E-state index in [9.17, 15) is 4.79 Å². The van der Waals surface area contributed by atoms with Crippen LogP contribution in [0.4, 0.5) is 0 Å². The molecule has 0 unspecified atom stereocenters. The molecule has 2 N–H and O–H groups in total. The molecule has 0 aliphatic heterocycles. The molecular formula is C20H19N3O2. The summed E-state index contributed by atoms with van der Waals surface area (Å²) in [6.07, 6.45) is 1.66. The van der Waals surface area contributed by atoms with Crippen molar-refractivity contribution in [3.63, 3.8) is 0 Å². The molecule has 0 aliphatic rings. The number of primary amides is 1. The molecule has 0 atom stereocenters. The number of amides is 1. The Bertz CT molecular complexity index is 892. The van der Waals surface area contributed by atoms with Crippen molar-refractivity contribution in [3.8, 4) is 22.8 Å². The Morgan fingerprint density at radius 1 is 1.04 bits per heavy atom. The second kappa shape index (κ2) is 7.13. The van der Waals surface area contributed by atoms with Gasteiger partial charge in [-0.25, -0.2) is 0 Å². The summed E-state index contributed by atoms with van der Waals surface area (Å²) in [6, 6.07) is 16.5. The molecule has 0 aliphatic carbocycles. The fourth-order valence-electron chi connectivity index (χ4n) is 2.65. The van der Waals surface area contributed by atoms with Crippen molar-refractivity contribution in [3.05, 3.63) is 71.9 Å². The number of aromatic nitrogens is 2. The summed E-state index contributed by atoms with van der Waals surface area (Å²) in [5, 5.41) is 8.30. The number of ether oxygens (including phenoxy) is 1. The summed E-state index contributed by atoms with van der Waals surface area (Å²) in [4.78, 5) is 11.9. The summed E-state index contributed by atoms with van der Waals surface area (Å²) < 4.78 is 6.02. The first-order valence-corrected chi connectivity index (χ1v) is 8.05. The van der Waals surface area contributed by atoms with E-state index in [4.69, 9.17) is 10.5 Å². The van der Waals surface area contributed by atoms with Gasteiger partial charge < -0.3 is 10.5 Å². The third-order valence-corrected chi connectivity index (χ3v) is 3.87. The molecule has 0 saturated carbocycles. The molecule has 1 heterocycles. The second-order valence-electron chi connectivity index (χ2n) is 5.95. The van der Waals surface area contributed by atoms with E-state index in [1.54, 1.807) is 18.3 Å². The Labute approximate surface area is 146 Å². The maximum absolute atomic E-state index is 11.9. The topological polar surface area (TPSA) is 78.1 Å². The highest BCUT2D eigenvalue weighted by Crippen LogP contribution is 2.38. The molecular weight excluding hydrogens is 314 g/mol. The zero-order valence-electron chi connectivity index (χ0n) is 14.1. The summed E-state index contributed by atoms with van der Waals surface area (Å²) in [6.45, 7) is 4.16. The van der Waals surface area contributed by atoms with Gasteiger partial charge in [0.05, 0.1) is 5.56 Å². The van der Waals surface area contributed by atoms with Crippen molar-refractivity contribution in [2.75, 3.05) is 0 Å². The quantitative estimate of drug-likeness (QED) is 0.760. The van der Waals surface area contributed by atoms with E-state index in [1.165, 1.54) is 0 Å². The SMILES string of the molecule is CC(C)c1ccnnc1-c1cccc(C(N)=O)c1Oc1ccccc1. The van der Waals surface area contributed by atoms with Crippen LogP contribution in [0.3, 0.4) is 0 Å². The summed E-state index contributed by atoms with van der Waals surface area (Å²) in [5.74, 6) is 0.700. The number of benzene rings is 2. The number of hydrogen-bond acceptors (Lipinski definition) is 4. The highest BCUT2D eigenvalue weighted by molar-refractivity contribution is 5.98. The Kier molecular flexibility index (Phi) is 4.75. The van der Waals surface area contributed by atoms with Gasteiger partial charge in [0.2, 0.25) is 0 Å². The van der Waals surface area contributed by atoms with Gasteiger partial charge in [0.1, 0.15) is 17.2 Å². The fourth-order valence-corrected chi connectivity index (χ4v) is 2.65. The van der Waals surface area contributed by atoms with Gasteiger partial charge in [0.15, 0.2) is 0 Å². The Hall–Kier alpha value is -3.21. The van der Waals surface area contributed by atoms with Crippen molar-refractivity contribution in [1.29, 1.82) is 0 Å². The lowest BCUT2D eigenvalue weighted by molar-refractivity contribution is 0.0998. The minimum Gasteiger partial charge on any atom is -0.456 e. The molecule has 0 spiro atoms. The highest BCUT2D eigenvalue weighted by Gasteiger charge is 2.20. The third kappa shape index (κ3) is 3.50. The van der Waals surface area contributed by atoms with Crippen molar-refractivity contribution in [2.24, 2.45) is 5.73 Å². The Morgan fingerprint density at radius 2 is 1.80 bits per heavy atom. The molecule has 3 rings (SSSR count). The van der Waals surface area contributed by atoms with Crippen LogP contribution in [0.2, 0.25) is 0 Å². The molecule has 0 saturated heterocycles. The van der Waals surface area contributed by atoms with Gasteiger partial charge in [-0.3, -0.25) is 4.79 Å². The maximum Gasteiger partial charge on any atom is 0.252 e. The predicted molar refractivity (Wildman–Crippen MR) is 96.6 cm³/mol. The van der Waals surface area contributed by atoms with E-state index < -0.39 is 5.91 Å². The van der Waals surface area contributed by atoms with Gasteiger partial charge in [-0.05, 0) is 41.8 Å². The number of carbonyl (C=O) groups is 1. The van der Waals surface area contributed by atoms with Crippen molar-refractivity contribution in [2.45, 2.75) is 19.8 Å². The van der Waals surface area contributed by atoms with E-state index in [0.29, 0.717) is 28.3 Å². The van der Waals surface area contributed by atoms with Crippen LogP contribution in [0.1, 0.15) is 35.7 Å². The molecule has 5 heteroatoms. The number of rotatable bonds is 5. The van der Waals surface area contributed by atoms with Crippen LogP contribution in [0, 0.1) is 0 Å². The molecule has 0 fully saturated rings. The van der Waals surface area contributed by atoms with Crippen LogP contribution in [0.5, 0.6) is 11.5 Å². The summed E-state index contributed by atoms with van der Waals surface area (Å²) in [5.41, 5.74) is 8.27. The minimum absolute atomic E-state index is 0.243. The Morgan fingerprint density at radius 3 is 2.48 bits per heavy atom. The number of para-hydroxylation sites is 2. The smallest absolute Gasteiger partial charge is 0.252 e. The molecule has 0 bridgehead atoms. The normalized spacial score (nSPS) is 10.7. The highest BCUT2D eigenvalue weighted by atomic mass is 16.5. The molecule has 25 heavy (non-hydrogen) atoms. The lowest BCUT2D eigenvalue weighted by Gasteiger charge is -2.16. The van der Waals surface area contributed by atoms with Crippen molar-refractivity contribution < 1.29 is 9.53 Å². The van der Waals surface area contributed by atoms with E-state index in [2.05, 4.69) is 24.0 Å². The van der Waals surface area contributed by atoms with Gasteiger partial charge >= 0.3 is 0 Å². The van der Waals surface area contributed by atoms with Gasteiger partial charge in [-0.15, -0.1) is 0 Å². The molecule has 0 radical (unpaired) electrons. The predicted octanol–water partition coefficient (Wildman–Crippen LogP) is 4.16. The number of hydrogen-bond donors (Lipinski definition) is 1. The minimum atomic E-state index is -0.553. The second-order valence-corrected chi connectivity index (χ2v) is 5.95. The molecule has 2 aromatic carbocycles. The zero-order chi connectivity index (χ0) is 17.8. The van der Waals surface area contributed by atoms with E-state index >= 15 is 0 Å². The molecule has 1 aromatic heterocycles. The lowest BCUT2D eigenvalue weighted by atomic mass is 9.96. The zero-order valence-corrected chi connectivity index (χ0v) is 14.1. The maximum atomic E-state index is 11.9. The molecule has 3 aromatic rings. The average molecular weight is 333 g/mol. The van der Waals surface area contributed by atoms with Gasteiger partial charge in [0.25, 0.3) is 5.91 Å². The van der Waals surface area contributed by atoms with E-state index in [1.807, 2.05) is 42.5 Å². The summed E-state index contributed by atoms with van der Waals surface area (Å²) in [7, 11) is 0. The summed E-state index contributed by atoms with van der Waals surface area (Å²) >= 11 is 0. The molecule has 1 amide bonds. The van der Waals surface area contributed by atoms with Crippen LogP contribution in [0.25, 0.3) is 11.3 Å². The van der Waals surface area contributed by atoms with Gasteiger partial charge in [-0.1, -0.05) is 38.1 Å². The molecule has 126 valence electrons. The largest absolute Gasteiger partial charge is 0.456 e. The van der Waals surface area contributed by atoms with Crippen molar-refractivity contribution in [1.82, 2.24) is 10.2 Å².